The van der Waals surface area contributed by atoms with E-state index in [-0.39, 0.29) is 34.0 Å². The van der Waals surface area contributed by atoms with E-state index in [4.69, 9.17) is 4.42 Å². The van der Waals surface area contributed by atoms with E-state index in [1.165, 1.54) is 175 Å². The summed E-state index contributed by atoms with van der Waals surface area (Å²) in [6.07, 6.45) is 14.1. The molecule has 0 radical (unpaired) electrons. The largest absolute Gasteiger partial charge is 0.456 e. The van der Waals surface area contributed by atoms with Crippen LogP contribution in [0, 0.1) is 0 Å². The summed E-state index contributed by atoms with van der Waals surface area (Å²) in [5.74, 6) is 0. The number of hydrogen-bond acceptors (Lipinski definition) is 3. The molecule has 7 aromatic carbocycles. The maximum Gasteiger partial charge on any atom is 0.328 e. The Morgan fingerprint density at radius 3 is 2.01 bits per heavy atom. The first-order chi connectivity index (χ1) is 35.1. The van der Waals surface area contributed by atoms with Crippen LogP contribution >= 0.6 is 0 Å². The highest BCUT2D eigenvalue weighted by Gasteiger charge is 2.64. The van der Waals surface area contributed by atoms with E-state index in [9.17, 15) is 0 Å². The minimum atomic E-state index is -0.208. The highest BCUT2D eigenvalue weighted by Crippen LogP contribution is 2.66. The van der Waals surface area contributed by atoms with Crippen LogP contribution in [-0.4, -0.2) is 12.4 Å². The van der Waals surface area contributed by atoms with Gasteiger partial charge in [-0.2, -0.15) is 0 Å². The summed E-state index contributed by atoms with van der Waals surface area (Å²) in [5, 5.41) is 2.49. The quantitative estimate of drug-likeness (QED) is 0.142. The maximum absolute atomic E-state index is 7.30. The fourth-order valence-corrected chi connectivity index (χ4v) is 16.1. The zero-order chi connectivity index (χ0) is 50.1. The van der Waals surface area contributed by atoms with E-state index in [0.29, 0.717) is 0 Å². The lowest BCUT2D eigenvalue weighted by molar-refractivity contribution is 0.199. The first-order valence-electron chi connectivity index (χ1n) is 28.4. The molecule has 2 unspecified atom stereocenters. The summed E-state index contributed by atoms with van der Waals surface area (Å²) < 4.78 is 7.30. The van der Waals surface area contributed by atoms with Gasteiger partial charge in [0.1, 0.15) is 11.2 Å². The zero-order valence-electron chi connectivity index (χ0n) is 45.3. The third-order valence-electron chi connectivity index (χ3n) is 20.4. The Hall–Kier alpha value is -6.00. The van der Waals surface area contributed by atoms with Crippen LogP contribution in [0.4, 0.5) is 22.7 Å². The Morgan fingerprint density at radius 2 is 1.25 bits per heavy atom. The van der Waals surface area contributed by atoms with Crippen molar-refractivity contribution in [1.82, 2.24) is 0 Å². The van der Waals surface area contributed by atoms with E-state index in [1.807, 2.05) is 0 Å². The van der Waals surface area contributed by atoms with Crippen molar-refractivity contribution in [2.24, 2.45) is 0 Å². The molecule has 0 N–H and O–H groups in total. The van der Waals surface area contributed by atoms with Crippen molar-refractivity contribution in [3.05, 3.63) is 154 Å². The summed E-state index contributed by atoms with van der Waals surface area (Å²) in [7, 11) is 0. The molecular weight excluding hydrogens is 884 g/mol. The highest BCUT2D eigenvalue weighted by atomic mass is 16.3. The van der Waals surface area contributed by atoms with Gasteiger partial charge in [-0.15, -0.1) is 0 Å². The van der Waals surface area contributed by atoms with E-state index in [0.717, 1.165) is 24.0 Å². The molecule has 3 aliphatic carbocycles. The molecule has 368 valence electrons. The van der Waals surface area contributed by atoms with Crippen molar-refractivity contribution in [2.45, 2.75) is 173 Å². The Kier molecular flexibility index (Phi) is 9.70. The molecule has 0 bridgehead atoms. The van der Waals surface area contributed by atoms with Crippen molar-refractivity contribution in [1.29, 1.82) is 0 Å². The van der Waals surface area contributed by atoms with Crippen LogP contribution in [0.2, 0.25) is 0 Å². The molecule has 14 rings (SSSR count). The van der Waals surface area contributed by atoms with Crippen molar-refractivity contribution in [3.8, 4) is 33.4 Å². The van der Waals surface area contributed by atoms with Gasteiger partial charge in [-0.05, 0) is 184 Å². The number of rotatable bonds is 8. The van der Waals surface area contributed by atoms with Crippen LogP contribution in [0.1, 0.15) is 172 Å². The standard InChI is InChI=1S/C69H73BN2O/c1-11-13-22-42-28-30-55(46(36-42)44-24-16-15-17-25-44)71-56-40-47-45-26-18-19-27-50(45)67(7,8)61(47)60-49-37-43(23-14-12-2)38-53-63(49)72(69(10)33-21-20-32-68(53,69)9)70(62(56)60)54-29-31-57-59(64(54)71)48-39-51-52(41-58(48)73-57)66(5,6)35-34-65(51,3)4/h15-19,24-31,36-41H,11-14,20-23,32-35H2,1-10H3. The molecule has 1 aromatic heterocycles. The first-order valence-corrected chi connectivity index (χ1v) is 28.4. The van der Waals surface area contributed by atoms with Gasteiger partial charge in [0.05, 0.1) is 16.8 Å². The van der Waals surface area contributed by atoms with Crippen LogP contribution in [0.25, 0.3) is 55.3 Å². The van der Waals surface area contributed by atoms with Crippen LogP contribution < -0.4 is 20.6 Å². The predicted molar refractivity (Wildman–Crippen MR) is 311 cm³/mol. The second-order valence-electron chi connectivity index (χ2n) is 25.8. The smallest absolute Gasteiger partial charge is 0.328 e. The van der Waals surface area contributed by atoms with Gasteiger partial charge in [-0.25, -0.2) is 0 Å². The van der Waals surface area contributed by atoms with Gasteiger partial charge >= 0.3 is 6.85 Å². The normalized spacial score (nSPS) is 21.9. The maximum atomic E-state index is 7.30. The Labute approximate surface area is 435 Å². The topological polar surface area (TPSA) is 19.6 Å². The lowest BCUT2D eigenvalue weighted by Crippen LogP contribution is -2.71. The molecule has 2 atom stereocenters. The molecule has 4 heteroatoms. The third-order valence-corrected chi connectivity index (χ3v) is 20.4. The molecule has 3 aliphatic heterocycles. The molecule has 0 spiro atoms. The van der Waals surface area contributed by atoms with Gasteiger partial charge in [0.25, 0.3) is 0 Å². The van der Waals surface area contributed by atoms with Crippen LogP contribution in [0.15, 0.2) is 120 Å². The lowest BCUT2D eigenvalue weighted by Gasteiger charge is -2.55. The molecule has 1 fully saturated rings. The van der Waals surface area contributed by atoms with Gasteiger partial charge in [0.2, 0.25) is 0 Å². The average Bonchev–Trinajstić information content (AvgIpc) is 4.00. The van der Waals surface area contributed by atoms with E-state index in [1.54, 1.807) is 5.56 Å². The van der Waals surface area contributed by atoms with Gasteiger partial charge in [0, 0.05) is 44.3 Å². The second-order valence-corrected chi connectivity index (χ2v) is 25.8. The van der Waals surface area contributed by atoms with Crippen LogP contribution in [0.5, 0.6) is 0 Å². The summed E-state index contributed by atoms with van der Waals surface area (Å²) in [5.41, 5.74) is 28.6. The van der Waals surface area contributed by atoms with E-state index in [2.05, 4.69) is 194 Å². The zero-order valence-corrected chi connectivity index (χ0v) is 45.3. The number of nitrogens with zero attached hydrogens (tertiary/aromatic N) is 2. The van der Waals surface area contributed by atoms with Crippen molar-refractivity contribution in [3.63, 3.8) is 0 Å². The molecule has 4 heterocycles. The molecule has 73 heavy (non-hydrogen) atoms. The summed E-state index contributed by atoms with van der Waals surface area (Å²) >= 11 is 0. The van der Waals surface area contributed by atoms with Crippen molar-refractivity contribution < 1.29 is 4.42 Å². The monoisotopic (exact) mass is 957 g/mol. The summed E-state index contributed by atoms with van der Waals surface area (Å²) in [4.78, 5) is 5.83. The van der Waals surface area contributed by atoms with Crippen molar-refractivity contribution in [2.75, 3.05) is 9.71 Å². The Morgan fingerprint density at radius 1 is 0.548 bits per heavy atom. The fraction of sp³-hybridized carbons (Fsp3) is 0.391. The molecular formula is C69H73BN2O. The molecule has 6 aliphatic rings. The molecule has 0 amide bonds. The average molecular weight is 957 g/mol. The van der Waals surface area contributed by atoms with E-state index < -0.39 is 0 Å². The number of benzene rings is 7. The van der Waals surface area contributed by atoms with E-state index >= 15 is 0 Å². The second kappa shape index (κ2) is 15.5. The number of fused-ring (bicyclic) bond motifs is 16. The number of aryl methyl sites for hydroxylation is 2. The molecule has 3 nitrogen and oxygen atoms in total. The molecule has 8 aromatic rings. The van der Waals surface area contributed by atoms with Crippen LogP contribution in [-0.2, 0) is 34.5 Å². The van der Waals surface area contributed by atoms with Crippen molar-refractivity contribution >= 4 is 62.5 Å². The number of unbranched alkanes of at least 4 members (excludes halogenated alkanes) is 2. The first kappa shape index (κ1) is 45.6. The van der Waals surface area contributed by atoms with Crippen LogP contribution in [0.3, 0.4) is 0 Å². The van der Waals surface area contributed by atoms with Gasteiger partial charge in [-0.3, -0.25) is 0 Å². The van der Waals surface area contributed by atoms with Gasteiger partial charge in [0.15, 0.2) is 0 Å². The Bertz CT molecular complexity index is 3650. The highest BCUT2D eigenvalue weighted by molar-refractivity contribution is 6.93. The predicted octanol–water partition coefficient (Wildman–Crippen LogP) is 17.6. The fourth-order valence-electron chi connectivity index (χ4n) is 16.1. The molecule has 0 saturated heterocycles. The summed E-state index contributed by atoms with van der Waals surface area (Å²) in [6, 6.07) is 46.2. The third kappa shape index (κ3) is 6.02. The molecule has 1 saturated carbocycles. The number of anilines is 4. The Balaban J connectivity index is 1.18. The van der Waals surface area contributed by atoms with Gasteiger partial charge in [-0.1, -0.05) is 161 Å². The lowest BCUT2D eigenvalue weighted by atomic mass is 9.41. The number of hydrogen-bond donors (Lipinski definition) is 0. The minimum absolute atomic E-state index is 0.00258. The van der Waals surface area contributed by atoms with Gasteiger partial charge < -0.3 is 14.1 Å². The summed E-state index contributed by atoms with van der Waals surface area (Å²) in [6.45, 7) is 24.9. The SMILES string of the molecule is CCCCc1ccc(N2c3cc4c(c5c3B(c3ccc6oc7cc8c(cc7c6c32)C(C)(C)CCC8(C)C)N2c3c-5cc(CCCC)cc3C3(C)CCCCC23C)C(C)(C)c2ccccc2-4)c(-c2ccccc2)c1. The minimum Gasteiger partial charge on any atom is -0.456 e. The number of furan rings is 1.